The summed E-state index contributed by atoms with van der Waals surface area (Å²) in [6.07, 6.45) is 3.33. The fourth-order valence-corrected chi connectivity index (χ4v) is 3.42. The summed E-state index contributed by atoms with van der Waals surface area (Å²) in [6, 6.07) is 10.2. The molecule has 1 fully saturated rings. The molecule has 7 nitrogen and oxygen atoms in total. The van der Waals surface area contributed by atoms with Crippen LogP contribution >= 0.6 is 11.3 Å². The second-order valence-corrected chi connectivity index (χ2v) is 7.24. The average molecular weight is 412 g/mol. The molecule has 0 radical (unpaired) electrons. The number of esters is 1. The Hall–Kier alpha value is -3.15. The summed E-state index contributed by atoms with van der Waals surface area (Å²) in [5, 5.41) is 13.9. The minimum Gasteiger partial charge on any atom is -0.493 e. The predicted octanol–water partition coefficient (Wildman–Crippen LogP) is 3.18. The van der Waals surface area contributed by atoms with E-state index in [0.29, 0.717) is 29.3 Å². The molecule has 8 heteroatoms. The highest BCUT2D eigenvalue weighted by Crippen LogP contribution is 2.30. The van der Waals surface area contributed by atoms with Crippen LogP contribution in [0, 0.1) is 11.3 Å². The zero-order valence-electron chi connectivity index (χ0n) is 15.8. The van der Waals surface area contributed by atoms with Crippen molar-refractivity contribution in [2.75, 3.05) is 20.3 Å². The van der Waals surface area contributed by atoms with Crippen LogP contribution in [0.25, 0.3) is 6.08 Å². The zero-order chi connectivity index (χ0) is 20.6. The molecule has 1 aliphatic rings. The highest BCUT2D eigenvalue weighted by Gasteiger charge is 2.18. The van der Waals surface area contributed by atoms with Gasteiger partial charge in [-0.1, -0.05) is 12.1 Å². The van der Waals surface area contributed by atoms with Crippen LogP contribution in [0.1, 0.15) is 28.1 Å². The van der Waals surface area contributed by atoms with Gasteiger partial charge in [-0.3, -0.25) is 4.79 Å². The topological polar surface area (TPSA) is 97.7 Å². The molecule has 1 aromatic heterocycles. The number of hydrogen-bond donors (Lipinski definition) is 1. The Morgan fingerprint density at radius 1 is 1.38 bits per heavy atom. The van der Waals surface area contributed by atoms with Crippen molar-refractivity contribution in [1.82, 2.24) is 5.32 Å². The second kappa shape index (κ2) is 9.87. The molecule has 150 valence electrons. The summed E-state index contributed by atoms with van der Waals surface area (Å²) in [4.78, 5) is 24.9. The van der Waals surface area contributed by atoms with Crippen molar-refractivity contribution in [2.24, 2.45) is 0 Å². The maximum absolute atomic E-state index is 12.3. The van der Waals surface area contributed by atoms with Gasteiger partial charge in [0.1, 0.15) is 16.5 Å². The first-order valence-corrected chi connectivity index (χ1v) is 9.94. The first-order chi connectivity index (χ1) is 14.1. The molecule has 1 aromatic carbocycles. The third-order valence-corrected chi connectivity index (χ3v) is 5.15. The molecule has 1 atom stereocenters. The molecule has 29 heavy (non-hydrogen) atoms. The van der Waals surface area contributed by atoms with Gasteiger partial charge in [-0.25, -0.2) is 4.79 Å². The van der Waals surface area contributed by atoms with Gasteiger partial charge in [0, 0.05) is 13.2 Å². The fraction of sp³-hybridized carbons (Fsp3) is 0.286. The van der Waals surface area contributed by atoms with Gasteiger partial charge < -0.3 is 19.5 Å². The number of rotatable bonds is 7. The minimum absolute atomic E-state index is 0.00342. The van der Waals surface area contributed by atoms with Crippen LogP contribution in [0.2, 0.25) is 0 Å². The number of carbonyl (C=O) groups is 2. The molecule has 0 aliphatic carbocycles. The van der Waals surface area contributed by atoms with Crippen molar-refractivity contribution < 1.29 is 23.8 Å². The molecule has 0 spiro atoms. The molecule has 2 heterocycles. The molecule has 1 saturated heterocycles. The number of hydrogen-bond acceptors (Lipinski definition) is 7. The summed E-state index contributed by atoms with van der Waals surface area (Å²) >= 11 is 1.28. The van der Waals surface area contributed by atoms with Gasteiger partial charge in [-0.2, -0.15) is 5.26 Å². The quantitative estimate of drug-likeness (QED) is 0.325. The van der Waals surface area contributed by atoms with Crippen molar-refractivity contribution in [3.8, 4) is 17.6 Å². The van der Waals surface area contributed by atoms with Crippen LogP contribution in [0.15, 0.2) is 41.3 Å². The van der Waals surface area contributed by atoms with E-state index in [1.54, 1.807) is 35.7 Å². The van der Waals surface area contributed by atoms with E-state index in [1.165, 1.54) is 24.5 Å². The number of amides is 1. The summed E-state index contributed by atoms with van der Waals surface area (Å²) < 4.78 is 16.1. The standard InChI is InChI=1S/C21H20N2O5S/c1-26-18-11-14(6-7-17(18)28-21(25)19-5-3-9-29-19)10-15(12-22)20(24)23-13-16-4-2-8-27-16/h3,5-7,9-11,16H,2,4,8,13H2,1H3,(H,23,24)/b15-10+/t16-/m0/s1. The molecule has 3 rings (SSSR count). The monoisotopic (exact) mass is 412 g/mol. The lowest BCUT2D eigenvalue weighted by Gasteiger charge is -2.11. The van der Waals surface area contributed by atoms with E-state index < -0.39 is 11.9 Å². The first-order valence-electron chi connectivity index (χ1n) is 9.06. The number of benzene rings is 1. The number of nitrogens with zero attached hydrogens (tertiary/aromatic N) is 1. The molecule has 1 aliphatic heterocycles. The van der Waals surface area contributed by atoms with Crippen LogP contribution in [-0.4, -0.2) is 38.2 Å². The maximum Gasteiger partial charge on any atom is 0.353 e. The summed E-state index contributed by atoms with van der Waals surface area (Å²) in [7, 11) is 1.45. The van der Waals surface area contributed by atoms with Gasteiger partial charge >= 0.3 is 5.97 Å². The van der Waals surface area contributed by atoms with Crippen molar-refractivity contribution in [3.05, 3.63) is 51.7 Å². The fourth-order valence-electron chi connectivity index (χ4n) is 2.83. The van der Waals surface area contributed by atoms with Gasteiger partial charge in [-0.05, 0) is 48.1 Å². The molecule has 0 bridgehead atoms. The van der Waals surface area contributed by atoms with E-state index in [9.17, 15) is 14.9 Å². The Morgan fingerprint density at radius 2 is 2.24 bits per heavy atom. The van der Waals surface area contributed by atoms with Gasteiger partial charge in [0.25, 0.3) is 5.91 Å². The van der Waals surface area contributed by atoms with E-state index in [-0.39, 0.29) is 17.4 Å². The van der Waals surface area contributed by atoms with Crippen molar-refractivity contribution >= 4 is 29.3 Å². The lowest BCUT2D eigenvalue weighted by molar-refractivity contribution is -0.117. The highest BCUT2D eigenvalue weighted by molar-refractivity contribution is 7.12. The number of nitrogens with one attached hydrogen (secondary N) is 1. The van der Waals surface area contributed by atoms with Crippen LogP contribution < -0.4 is 14.8 Å². The number of thiophene rings is 1. The molecule has 2 aromatic rings. The van der Waals surface area contributed by atoms with Crippen molar-refractivity contribution in [3.63, 3.8) is 0 Å². The third kappa shape index (κ3) is 5.44. The normalized spacial score (nSPS) is 16.1. The largest absolute Gasteiger partial charge is 0.493 e. The zero-order valence-corrected chi connectivity index (χ0v) is 16.7. The number of ether oxygens (including phenoxy) is 3. The van der Waals surface area contributed by atoms with Crippen LogP contribution in [-0.2, 0) is 9.53 Å². The number of nitriles is 1. The molecule has 0 unspecified atom stereocenters. The van der Waals surface area contributed by atoms with Gasteiger partial charge in [0.05, 0.1) is 13.2 Å². The van der Waals surface area contributed by atoms with Crippen molar-refractivity contribution in [2.45, 2.75) is 18.9 Å². The van der Waals surface area contributed by atoms with Crippen LogP contribution in [0.5, 0.6) is 11.5 Å². The molecular weight excluding hydrogens is 392 g/mol. The third-order valence-electron chi connectivity index (χ3n) is 4.30. The molecule has 1 N–H and O–H groups in total. The predicted molar refractivity (Wildman–Crippen MR) is 108 cm³/mol. The smallest absolute Gasteiger partial charge is 0.353 e. The highest BCUT2D eigenvalue weighted by atomic mass is 32.1. The summed E-state index contributed by atoms with van der Waals surface area (Å²) in [5.41, 5.74) is 0.537. The van der Waals surface area contributed by atoms with Crippen LogP contribution in [0.4, 0.5) is 0 Å². The Morgan fingerprint density at radius 3 is 2.90 bits per heavy atom. The Kier molecular flexibility index (Phi) is 7.00. The van der Waals surface area contributed by atoms with Crippen molar-refractivity contribution in [1.29, 1.82) is 5.26 Å². The lowest BCUT2D eigenvalue weighted by atomic mass is 10.1. The second-order valence-electron chi connectivity index (χ2n) is 6.29. The van der Waals surface area contributed by atoms with E-state index >= 15 is 0 Å². The first kappa shape index (κ1) is 20.6. The molecule has 0 saturated carbocycles. The number of methoxy groups -OCH3 is 1. The lowest BCUT2D eigenvalue weighted by Crippen LogP contribution is -2.32. The van der Waals surface area contributed by atoms with Gasteiger partial charge in [0.15, 0.2) is 11.5 Å². The SMILES string of the molecule is COc1cc(/C=C(\C#N)C(=O)NC[C@@H]2CCCO2)ccc1OC(=O)c1cccs1. The maximum atomic E-state index is 12.3. The Bertz CT molecular complexity index is 940. The Balaban J connectivity index is 1.70. The minimum atomic E-state index is -0.479. The Labute approximate surface area is 172 Å². The van der Waals surface area contributed by atoms with Crippen LogP contribution in [0.3, 0.4) is 0 Å². The van der Waals surface area contributed by atoms with E-state index in [0.717, 1.165) is 12.8 Å². The summed E-state index contributed by atoms with van der Waals surface area (Å²) in [6.45, 7) is 1.07. The van der Waals surface area contributed by atoms with Gasteiger partial charge in [0.2, 0.25) is 0 Å². The van der Waals surface area contributed by atoms with E-state index in [1.807, 2.05) is 6.07 Å². The van der Waals surface area contributed by atoms with E-state index in [2.05, 4.69) is 5.32 Å². The van der Waals surface area contributed by atoms with Gasteiger partial charge in [-0.15, -0.1) is 11.3 Å². The summed E-state index contributed by atoms with van der Waals surface area (Å²) in [5.74, 6) is -0.368. The molecule has 1 amide bonds. The van der Waals surface area contributed by atoms with E-state index in [4.69, 9.17) is 14.2 Å². The average Bonchev–Trinajstić information content (AvgIpc) is 3.45. The number of carbonyl (C=O) groups excluding carboxylic acids is 2. The molecular formula is C21H20N2O5S.